The highest BCUT2D eigenvalue weighted by Crippen LogP contribution is 2.33. The first-order valence-corrected chi connectivity index (χ1v) is 9.48. The monoisotopic (exact) mass is 423 g/mol. The van der Waals surface area contributed by atoms with Gasteiger partial charge >= 0.3 is 0 Å². The van der Waals surface area contributed by atoms with E-state index in [2.05, 4.69) is 36.6 Å². The highest BCUT2D eigenvalue weighted by Gasteiger charge is 2.21. The molecule has 1 atom stereocenters. The molecule has 1 N–H and O–H groups in total. The molecule has 1 aromatic heterocycles. The molecule has 0 saturated carbocycles. The topological polar surface area (TPSA) is 46.2 Å². The van der Waals surface area contributed by atoms with E-state index < -0.39 is 10.0 Å². The van der Waals surface area contributed by atoms with E-state index in [1.54, 1.807) is 23.6 Å². The maximum absolute atomic E-state index is 12.3. The molecule has 0 bridgehead atoms. The minimum atomic E-state index is -3.56. The largest absolute Gasteiger partial charge is 0.279 e. The van der Waals surface area contributed by atoms with Gasteiger partial charge in [-0.25, -0.2) is 8.42 Å². The van der Waals surface area contributed by atoms with Crippen LogP contribution in [0.15, 0.2) is 44.4 Å². The molecule has 0 spiro atoms. The van der Waals surface area contributed by atoms with Crippen molar-refractivity contribution in [1.29, 1.82) is 0 Å². The van der Waals surface area contributed by atoms with Crippen LogP contribution in [0.3, 0.4) is 0 Å². The number of para-hydroxylation sites is 1. The lowest BCUT2D eigenvalue weighted by Gasteiger charge is -2.13. The molecule has 1 heterocycles. The molecule has 0 saturated heterocycles. The summed E-state index contributed by atoms with van der Waals surface area (Å²) in [7, 11) is -3.56. The van der Waals surface area contributed by atoms with Crippen molar-refractivity contribution in [3.63, 3.8) is 0 Å². The van der Waals surface area contributed by atoms with E-state index in [0.29, 0.717) is 10.2 Å². The average molecular weight is 425 g/mol. The molecule has 7 heteroatoms. The van der Waals surface area contributed by atoms with Crippen molar-refractivity contribution >= 4 is 58.9 Å². The van der Waals surface area contributed by atoms with Gasteiger partial charge in [-0.2, -0.15) is 0 Å². The first-order chi connectivity index (χ1) is 8.92. The van der Waals surface area contributed by atoms with Crippen LogP contribution in [0.1, 0.15) is 17.3 Å². The predicted octanol–water partition coefficient (Wildman–Crippen LogP) is 4.77. The Hall–Kier alpha value is -0.370. The first-order valence-electron chi connectivity index (χ1n) is 5.40. The molecular formula is C12H11Br2NO2S2. The normalized spacial score (nSPS) is 13.2. The lowest BCUT2D eigenvalue weighted by Crippen LogP contribution is -2.13. The fraction of sp³-hybridized carbons (Fsp3) is 0.167. The number of nitrogens with one attached hydrogen (secondary N) is 1. The summed E-state index contributed by atoms with van der Waals surface area (Å²) in [6.07, 6.45) is 0. The quantitative estimate of drug-likeness (QED) is 0.718. The third kappa shape index (κ3) is 3.39. The van der Waals surface area contributed by atoms with E-state index in [1.807, 2.05) is 19.1 Å². The smallest absolute Gasteiger partial charge is 0.272 e. The van der Waals surface area contributed by atoms with Gasteiger partial charge in [0.25, 0.3) is 10.0 Å². The number of sulfonamides is 1. The van der Waals surface area contributed by atoms with Crippen molar-refractivity contribution in [2.45, 2.75) is 16.0 Å². The zero-order valence-corrected chi connectivity index (χ0v) is 14.7. The second kappa shape index (κ2) is 5.95. The van der Waals surface area contributed by atoms with Gasteiger partial charge in [0.15, 0.2) is 4.21 Å². The van der Waals surface area contributed by atoms with Gasteiger partial charge < -0.3 is 0 Å². The number of halogens is 2. The lowest BCUT2D eigenvalue weighted by molar-refractivity contribution is 0.602. The fourth-order valence-corrected chi connectivity index (χ4v) is 5.43. The van der Waals surface area contributed by atoms with Crippen LogP contribution in [0.25, 0.3) is 0 Å². The minimum Gasteiger partial charge on any atom is -0.279 e. The summed E-state index contributed by atoms with van der Waals surface area (Å²) in [5.41, 5.74) is 1.49. The fourth-order valence-electron chi connectivity index (χ4n) is 1.60. The summed E-state index contributed by atoms with van der Waals surface area (Å²) in [5, 5.41) is 1.73. The van der Waals surface area contributed by atoms with Crippen LogP contribution < -0.4 is 4.72 Å². The van der Waals surface area contributed by atoms with Gasteiger partial charge in [0.05, 0.1) is 5.69 Å². The SMILES string of the molecule is CC(Br)c1ccccc1NS(=O)(=O)c1sccc1Br. The van der Waals surface area contributed by atoms with Crippen LogP contribution >= 0.6 is 43.2 Å². The summed E-state index contributed by atoms with van der Waals surface area (Å²) < 4.78 is 28.1. The van der Waals surface area contributed by atoms with E-state index in [9.17, 15) is 8.42 Å². The van der Waals surface area contributed by atoms with Crippen LogP contribution in [0.2, 0.25) is 0 Å². The molecule has 0 fully saturated rings. The molecule has 102 valence electrons. The lowest BCUT2D eigenvalue weighted by atomic mass is 10.1. The Balaban J connectivity index is 2.39. The molecule has 0 aliphatic heterocycles. The van der Waals surface area contributed by atoms with E-state index >= 15 is 0 Å². The van der Waals surface area contributed by atoms with E-state index in [-0.39, 0.29) is 9.04 Å². The Labute approximate surface area is 133 Å². The molecule has 0 aliphatic rings. The summed E-state index contributed by atoms with van der Waals surface area (Å²) >= 11 is 7.89. The average Bonchev–Trinajstić information content (AvgIpc) is 2.76. The Morgan fingerprint density at radius 2 is 1.95 bits per heavy atom. The zero-order chi connectivity index (χ0) is 14.0. The highest BCUT2D eigenvalue weighted by molar-refractivity contribution is 9.10. The van der Waals surface area contributed by atoms with Crippen molar-refractivity contribution in [2.24, 2.45) is 0 Å². The molecule has 0 aliphatic carbocycles. The molecule has 2 rings (SSSR count). The Bertz CT molecular complexity index is 681. The molecule has 19 heavy (non-hydrogen) atoms. The Morgan fingerprint density at radius 3 is 2.53 bits per heavy atom. The van der Waals surface area contributed by atoms with E-state index in [1.165, 1.54) is 11.3 Å². The zero-order valence-electron chi connectivity index (χ0n) is 9.93. The van der Waals surface area contributed by atoms with E-state index in [4.69, 9.17) is 0 Å². The number of hydrogen-bond acceptors (Lipinski definition) is 3. The standard InChI is InChI=1S/C12H11Br2NO2S2/c1-8(13)9-4-2-3-5-11(9)15-19(16,17)12-10(14)6-7-18-12/h2-8,15H,1H3. The summed E-state index contributed by atoms with van der Waals surface area (Å²) in [4.78, 5) is 0.0678. The number of benzene rings is 1. The van der Waals surface area contributed by atoms with Crippen LogP contribution in [-0.4, -0.2) is 8.42 Å². The van der Waals surface area contributed by atoms with Gasteiger partial charge in [0, 0.05) is 9.30 Å². The molecular weight excluding hydrogens is 414 g/mol. The van der Waals surface area contributed by atoms with Crippen molar-refractivity contribution in [1.82, 2.24) is 0 Å². The predicted molar refractivity (Wildman–Crippen MR) is 86.6 cm³/mol. The second-order valence-corrected chi connectivity index (χ2v) is 8.89. The van der Waals surface area contributed by atoms with Crippen LogP contribution in [-0.2, 0) is 10.0 Å². The Kier molecular flexibility index (Phi) is 4.70. The number of alkyl halides is 1. The van der Waals surface area contributed by atoms with Gasteiger partial charge in [-0.15, -0.1) is 11.3 Å². The maximum atomic E-state index is 12.3. The number of rotatable bonds is 4. The third-order valence-corrected chi connectivity index (χ3v) is 6.99. The third-order valence-electron chi connectivity index (χ3n) is 2.46. The van der Waals surface area contributed by atoms with Crippen LogP contribution in [0, 0.1) is 0 Å². The van der Waals surface area contributed by atoms with Crippen LogP contribution in [0.4, 0.5) is 5.69 Å². The molecule has 3 nitrogen and oxygen atoms in total. The molecule has 0 radical (unpaired) electrons. The van der Waals surface area contributed by atoms with Crippen molar-refractivity contribution in [3.05, 3.63) is 45.7 Å². The van der Waals surface area contributed by atoms with E-state index in [0.717, 1.165) is 5.56 Å². The maximum Gasteiger partial charge on any atom is 0.272 e. The summed E-state index contributed by atoms with van der Waals surface area (Å²) in [6.45, 7) is 1.95. The number of hydrogen-bond donors (Lipinski definition) is 1. The number of thiophene rings is 1. The molecule has 0 amide bonds. The number of anilines is 1. The first kappa shape index (κ1) is 15.0. The molecule has 1 unspecified atom stereocenters. The Morgan fingerprint density at radius 1 is 1.26 bits per heavy atom. The van der Waals surface area contributed by atoms with Crippen LogP contribution in [0.5, 0.6) is 0 Å². The molecule has 2 aromatic rings. The molecule has 1 aromatic carbocycles. The van der Waals surface area contributed by atoms with Crippen molar-refractivity contribution in [2.75, 3.05) is 4.72 Å². The summed E-state index contributed by atoms with van der Waals surface area (Å²) in [5.74, 6) is 0. The van der Waals surface area contributed by atoms with Gasteiger partial charge in [-0.05, 0) is 45.9 Å². The van der Waals surface area contributed by atoms with Gasteiger partial charge in [-0.1, -0.05) is 34.1 Å². The highest BCUT2D eigenvalue weighted by atomic mass is 79.9. The van der Waals surface area contributed by atoms with Crippen molar-refractivity contribution in [3.8, 4) is 0 Å². The van der Waals surface area contributed by atoms with Gasteiger partial charge in [-0.3, -0.25) is 4.72 Å². The van der Waals surface area contributed by atoms with Gasteiger partial charge in [0.2, 0.25) is 0 Å². The summed E-state index contributed by atoms with van der Waals surface area (Å²) in [6, 6.07) is 9.05. The minimum absolute atomic E-state index is 0.0678. The second-order valence-electron chi connectivity index (χ2n) is 3.86. The van der Waals surface area contributed by atoms with Crippen molar-refractivity contribution < 1.29 is 8.42 Å². The van der Waals surface area contributed by atoms with Gasteiger partial charge in [0.1, 0.15) is 0 Å².